The van der Waals surface area contributed by atoms with Crippen molar-refractivity contribution >= 4 is 11.9 Å². The molecule has 1 amide bonds. The van der Waals surface area contributed by atoms with Crippen molar-refractivity contribution in [2.45, 2.75) is 26.2 Å². The van der Waals surface area contributed by atoms with Gasteiger partial charge in [-0.1, -0.05) is 0 Å². The van der Waals surface area contributed by atoms with Crippen LogP contribution in [0, 0.1) is 12.8 Å². The molecule has 0 aliphatic carbocycles. The van der Waals surface area contributed by atoms with Crippen LogP contribution in [0.3, 0.4) is 0 Å². The van der Waals surface area contributed by atoms with E-state index in [1.165, 1.54) is 0 Å². The SMILES string of the molecule is COc1cc(C)c(C(=O)N2CCC(CC(=O)O)CC2)cc1OC. The van der Waals surface area contributed by atoms with Crippen LogP contribution in [0.15, 0.2) is 12.1 Å². The summed E-state index contributed by atoms with van der Waals surface area (Å²) < 4.78 is 10.5. The molecule has 2 rings (SSSR count). The second kappa shape index (κ2) is 7.35. The molecule has 0 atom stereocenters. The fraction of sp³-hybridized carbons (Fsp3) is 0.529. The number of aliphatic carboxylic acids is 1. The molecule has 0 bridgehead atoms. The van der Waals surface area contributed by atoms with Gasteiger partial charge in [-0.05, 0) is 43.4 Å². The van der Waals surface area contributed by atoms with Crippen LogP contribution >= 0.6 is 0 Å². The molecule has 0 saturated carbocycles. The van der Waals surface area contributed by atoms with Crippen molar-refractivity contribution in [1.29, 1.82) is 0 Å². The van der Waals surface area contributed by atoms with E-state index < -0.39 is 5.97 Å². The molecule has 6 nitrogen and oxygen atoms in total. The van der Waals surface area contributed by atoms with Gasteiger partial charge in [-0.25, -0.2) is 0 Å². The van der Waals surface area contributed by atoms with Crippen molar-refractivity contribution in [2.75, 3.05) is 27.3 Å². The van der Waals surface area contributed by atoms with E-state index in [4.69, 9.17) is 14.6 Å². The molecular formula is C17H23NO5. The first kappa shape index (κ1) is 17.1. The van der Waals surface area contributed by atoms with E-state index in [0.717, 1.165) is 18.4 Å². The monoisotopic (exact) mass is 321 g/mol. The van der Waals surface area contributed by atoms with Crippen molar-refractivity contribution < 1.29 is 24.2 Å². The largest absolute Gasteiger partial charge is 0.493 e. The summed E-state index contributed by atoms with van der Waals surface area (Å²) in [5, 5.41) is 8.86. The fourth-order valence-corrected chi connectivity index (χ4v) is 2.97. The van der Waals surface area contributed by atoms with Gasteiger partial charge in [0.15, 0.2) is 11.5 Å². The summed E-state index contributed by atoms with van der Waals surface area (Å²) in [6, 6.07) is 3.50. The Morgan fingerprint density at radius 1 is 1.17 bits per heavy atom. The number of carboxylic acids is 1. The van der Waals surface area contributed by atoms with Gasteiger partial charge in [-0.3, -0.25) is 9.59 Å². The number of hydrogen-bond donors (Lipinski definition) is 1. The van der Waals surface area contributed by atoms with Crippen molar-refractivity contribution in [3.8, 4) is 11.5 Å². The Bertz CT molecular complexity index is 591. The van der Waals surface area contributed by atoms with Crippen LogP contribution in [0.4, 0.5) is 0 Å². The van der Waals surface area contributed by atoms with Crippen LogP contribution in [-0.4, -0.2) is 49.2 Å². The van der Waals surface area contributed by atoms with Gasteiger partial charge >= 0.3 is 5.97 Å². The summed E-state index contributed by atoms with van der Waals surface area (Å²) in [5.41, 5.74) is 1.43. The average Bonchev–Trinajstić information content (AvgIpc) is 2.54. The van der Waals surface area contributed by atoms with Crippen molar-refractivity contribution in [3.05, 3.63) is 23.3 Å². The fourth-order valence-electron chi connectivity index (χ4n) is 2.97. The number of nitrogens with zero attached hydrogens (tertiary/aromatic N) is 1. The molecule has 1 fully saturated rings. The Morgan fingerprint density at radius 3 is 2.26 bits per heavy atom. The second-order valence-corrected chi connectivity index (χ2v) is 5.86. The second-order valence-electron chi connectivity index (χ2n) is 5.86. The first-order valence-corrected chi connectivity index (χ1v) is 7.70. The molecule has 0 unspecified atom stereocenters. The number of rotatable bonds is 5. The third-order valence-corrected chi connectivity index (χ3v) is 4.33. The zero-order valence-corrected chi connectivity index (χ0v) is 13.8. The number of carbonyl (C=O) groups excluding carboxylic acids is 1. The number of carbonyl (C=O) groups is 2. The minimum Gasteiger partial charge on any atom is -0.493 e. The highest BCUT2D eigenvalue weighted by atomic mass is 16.5. The van der Waals surface area contributed by atoms with Crippen LogP contribution in [0.25, 0.3) is 0 Å². The number of benzene rings is 1. The van der Waals surface area contributed by atoms with Crippen LogP contribution < -0.4 is 9.47 Å². The van der Waals surface area contributed by atoms with E-state index in [1.807, 2.05) is 6.92 Å². The maximum Gasteiger partial charge on any atom is 0.303 e. The first-order valence-electron chi connectivity index (χ1n) is 7.70. The zero-order valence-electron chi connectivity index (χ0n) is 13.8. The molecule has 1 aromatic rings. The highest BCUT2D eigenvalue weighted by Gasteiger charge is 2.26. The number of methoxy groups -OCH3 is 2. The van der Waals surface area contributed by atoms with Gasteiger partial charge in [0, 0.05) is 25.1 Å². The van der Waals surface area contributed by atoms with E-state index in [2.05, 4.69) is 0 Å². The quantitative estimate of drug-likeness (QED) is 0.901. The van der Waals surface area contributed by atoms with Gasteiger partial charge in [0.1, 0.15) is 0 Å². The number of hydrogen-bond acceptors (Lipinski definition) is 4. The van der Waals surface area contributed by atoms with Gasteiger partial charge in [-0.15, -0.1) is 0 Å². The summed E-state index contributed by atoms with van der Waals surface area (Å²) in [4.78, 5) is 25.3. The van der Waals surface area contributed by atoms with Crippen LogP contribution in [0.5, 0.6) is 11.5 Å². The first-order chi connectivity index (χ1) is 11.0. The number of aryl methyl sites for hydroxylation is 1. The molecule has 1 N–H and O–H groups in total. The number of piperidine rings is 1. The number of amides is 1. The zero-order chi connectivity index (χ0) is 17.0. The Kier molecular flexibility index (Phi) is 5.47. The van der Waals surface area contributed by atoms with E-state index in [9.17, 15) is 9.59 Å². The van der Waals surface area contributed by atoms with E-state index in [-0.39, 0.29) is 18.2 Å². The lowest BCUT2D eigenvalue weighted by molar-refractivity contribution is -0.138. The molecule has 1 aliphatic heterocycles. The van der Waals surface area contributed by atoms with Crippen LogP contribution in [0.1, 0.15) is 35.2 Å². The summed E-state index contributed by atoms with van der Waals surface area (Å²) in [6.07, 6.45) is 1.63. The number of ether oxygens (including phenoxy) is 2. The van der Waals surface area contributed by atoms with Gasteiger partial charge in [-0.2, -0.15) is 0 Å². The smallest absolute Gasteiger partial charge is 0.303 e. The van der Waals surface area contributed by atoms with E-state index in [0.29, 0.717) is 30.2 Å². The standard InChI is InChI=1S/C17H23NO5/c1-11-8-14(22-2)15(23-3)10-13(11)17(21)18-6-4-12(5-7-18)9-16(19)20/h8,10,12H,4-7,9H2,1-3H3,(H,19,20). The summed E-state index contributed by atoms with van der Waals surface area (Å²) in [7, 11) is 3.10. The van der Waals surface area contributed by atoms with Gasteiger partial charge in [0.2, 0.25) is 0 Å². The molecule has 1 aromatic carbocycles. The minimum atomic E-state index is -0.773. The highest BCUT2D eigenvalue weighted by Crippen LogP contribution is 2.31. The summed E-state index contributed by atoms with van der Waals surface area (Å²) in [6.45, 7) is 3.04. The molecule has 0 radical (unpaired) electrons. The summed E-state index contributed by atoms with van der Waals surface area (Å²) >= 11 is 0. The van der Waals surface area contributed by atoms with Crippen molar-refractivity contribution in [1.82, 2.24) is 4.90 Å². The van der Waals surface area contributed by atoms with Crippen LogP contribution in [0.2, 0.25) is 0 Å². The predicted octanol–water partition coefficient (Wildman–Crippen LogP) is 2.34. The topological polar surface area (TPSA) is 76.1 Å². The average molecular weight is 321 g/mol. The molecule has 23 heavy (non-hydrogen) atoms. The number of carboxylic acid groups (broad SMARTS) is 1. The third-order valence-electron chi connectivity index (χ3n) is 4.33. The Labute approximate surface area is 136 Å². The van der Waals surface area contributed by atoms with Crippen molar-refractivity contribution in [2.24, 2.45) is 5.92 Å². The molecule has 1 heterocycles. The Morgan fingerprint density at radius 2 is 1.74 bits per heavy atom. The Hall–Kier alpha value is -2.24. The van der Waals surface area contributed by atoms with E-state index in [1.54, 1.807) is 31.3 Å². The van der Waals surface area contributed by atoms with Crippen LogP contribution in [-0.2, 0) is 4.79 Å². The maximum absolute atomic E-state index is 12.7. The Balaban J connectivity index is 2.11. The summed E-state index contributed by atoms with van der Waals surface area (Å²) in [5.74, 6) is 0.467. The molecule has 0 spiro atoms. The van der Waals surface area contributed by atoms with Gasteiger partial charge in [0.25, 0.3) is 5.91 Å². The molecule has 1 saturated heterocycles. The van der Waals surface area contributed by atoms with E-state index >= 15 is 0 Å². The third kappa shape index (κ3) is 3.94. The molecule has 6 heteroatoms. The lowest BCUT2D eigenvalue weighted by Gasteiger charge is -2.32. The van der Waals surface area contributed by atoms with Crippen molar-refractivity contribution in [3.63, 3.8) is 0 Å². The number of likely N-dealkylation sites (tertiary alicyclic amines) is 1. The molecule has 126 valence electrons. The molecule has 0 aromatic heterocycles. The predicted molar refractivity (Wildman–Crippen MR) is 85.2 cm³/mol. The highest BCUT2D eigenvalue weighted by molar-refractivity contribution is 5.96. The normalized spacial score (nSPS) is 15.3. The lowest BCUT2D eigenvalue weighted by atomic mass is 9.93. The molecule has 1 aliphatic rings. The lowest BCUT2D eigenvalue weighted by Crippen LogP contribution is -2.39. The minimum absolute atomic E-state index is 0.0442. The maximum atomic E-state index is 12.7. The van der Waals surface area contributed by atoms with Gasteiger partial charge in [0.05, 0.1) is 14.2 Å². The van der Waals surface area contributed by atoms with Gasteiger partial charge < -0.3 is 19.5 Å². The molecular weight excluding hydrogens is 298 g/mol.